The third-order valence-corrected chi connectivity index (χ3v) is 4.36. The second-order valence-corrected chi connectivity index (χ2v) is 7.83. The molecule has 1 rings (SSSR count). The van der Waals surface area contributed by atoms with Crippen molar-refractivity contribution in [3.8, 4) is 0 Å². The maximum absolute atomic E-state index is 11.2. The summed E-state index contributed by atoms with van der Waals surface area (Å²) in [6.07, 6.45) is 1.83. The van der Waals surface area contributed by atoms with E-state index < -0.39 is 9.84 Å². The Balaban J connectivity index is 0.00000400. The molecule has 5 nitrogen and oxygen atoms in total. The fraction of sp³-hybridized carbons (Fsp3) is 0.615. The van der Waals surface area contributed by atoms with Crippen LogP contribution in [-0.2, 0) is 16.4 Å². The van der Waals surface area contributed by atoms with Crippen LogP contribution in [0.1, 0.15) is 25.8 Å². The van der Waals surface area contributed by atoms with E-state index in [0.717, 1.165) is 12.5 Å². The summed E-state index contributed by atoms with van der Waals surface area (Å²) < 4.78 is 22.3. The Labute approximate surface area is 148 Å². The highest BCUT2D eigenvalue weighted by Gasteiger charge is 2.09. The molecule has 21 heavy (non-hydrogen) atoms. The molecule has 0 aliphatic carbocycles. The van der Waals surface area contributed by atoms with Crippen LogP contribution >= 0.6 is 35.3 Å². The SMILES string of the molecule is CCNC(=NCc1ccsc1)NC(C)CCS(C)(=O)=O.I. The van der Waals surface area contributed by atoms with Gasteiger partial charge in [0, 0.05) is 18.8 Å². The summed E-state index contributed by atoms with van der Waals surface area (Å²) in [7, 11) is -2.91. The van der Waals surface area contributed by atoms with Crippen LogP contribution in [-0.4, -0.2) is 39.0 Å². The third kappa shape index (κ3) is 10.1. The van der Waals surface area contributed by atoms with E-state index in [1.54, 1.807) is 11.3 Å². The number of aliphatic imine (C=N–C) groups is 1. The molecular weight excluding hydrogens is 421 g/mol. The zero-order valence-corrected chi connectivity index (χ0v) is 16.6. The Hall–Kier alpha value is -0.350. The number of hydrogen-bond donors (Lipinski definition) is 2. The fourth-order valence-corrected chi connectivity index (χ4v) is 3.01. The van der Waals surface area contributed by atoms with Crippen molar-refractivity contribution >= 4 is 51.1 Å². The van der Waals surface area contributed by atoms with Crippen molar-refractivity contribution in [3.63, 3.8) is 0 Å². The summed E-state index contributed by atoms with van der Waals surface area (Å²) in [5, 5.41) is 10.5. The lowest BCUT2D eigenvalue weighted by molar-refractivity contribution is 0.581. The van der Waals surface area contributed by atoms with Crippen molar-refractivity contribution in [2.45, 2.75) is 32.9 Å². The van der Waals surface area contributed by atoms with Gasteiger partial charge in [0.15, 0.2) is 5.96 Å². The number of guanidine groups is 1. The number of nitrogens with one attached hydrogen (secondary N) is 2. The number of rotatable bonds is 7. The summed E-state index contributed by atoms with van der Waals surface area (Å²) in [5.41, 5.74) is 1.18. The molecule has 122 valence electrons. The Morgan fingerprint density at radius 3 is 2.71 bits per heavy atom. The van der Waals surface area contributed by atoms with Crippen LogP contribution in [0.3, 0.4) is 0 Å². The molecule has 1 aromatic rings. The van der Waals surface area contributed by atoms with E-state index in [2.05, 4.69) is 21.0 Å². The molecule has 0 aromatic carbocycles. The normalized spacial score (nSPS) is 13.4. The standard InChI is InChI=1S/C13H23N3O2S2.HI/c1-4-14-13(15-9-12-5-7-19-10-12)16-11(2)6-8-20(3,17)18;/h5,7,10-11H,4,6,8-9H2,1-3H3,(H2,14,15,16);1H. The van der Waals surface area contributed by atoms with Crippen LogP contribution in [0.25, 0.3) is 0 Å². The first kappa shape index (κ1) is 20.6. The van der Waals surface area contributed by atoms with Gasteiger partial charge >= 0.3 is 0 Å². The summed E-state index contributed by atoms with van der Waals surface area (Å²) >= 11 is 1.65. The van der Waals surface area contributed by atoms with Gasteiger partial charge in [-0.2, -0.15) is 11.3 Å². The highest BCUT2D eigenvalue weighted by atomic mass is 127. The number of hydrogen-bond acceptors (Lipinski definition) is 4. The molecule has 0 radical (unpaired) electrons. The van der Waals surface area contributed by atoms with Gasteiger partial charge in [0.2, 0.25) is 0 Å². The van der Waals surface area contributed by atoms with Crippen molar-refractivity contribution in [1.82, 2.24) is 10.6 Å². The fourth-order valence-electron chi connectivity index (χ4n) is 1.57. The molecular formula is C13H24IN3O2S2. The van der Waals surface area contributed by atoms with Crippen LogP contribution < -0.4 is 10.6 Å². The molecule has 2 N–H and O–H groups in total. The molecule has 1 atom stereocenters. The molecule has 0 fully saturated rings. The smallest absolute Gasteiger partial charge is 0.191 e. The van der Waals surface area contributed by atoms with Crippen LogP contribution in [0, 0.1) is 0 Å². The van der Waals surface area contributed by atoms with E-state index >= 15 is 0 Å². The van der Waals surface area contributed by atoms with Crippen molar-refractivity contribution in [3.05, 3.63) is 22.4 Å². The van der Waals surface area contributed by atoms with Crippen molar-refractivity contribution in [1.29, 1.82) is 0 Å². The second kappa shape index (κ2) is 10.4. The topological polar surface area (TPSA) is 70.6 Å². The van der Waals surface area contributed by atoms with Crippen LogP contribution in [0.15, 0.2) is 21.8 Å². The molecule has 0 saturated carbocycles. The highest BCUT2D eigenvalue weighted by molar-refractivity contribution is 14.0. The van der Waals surface area contributed by atoms with E-state index in [9.17, 15) is 8.42 Å². The van der Waals surface area contributed by atoms with E-state index in [-0.39, 0.29) is 35.8 Å². The van der Waals surface area contributed by atoms with Gasteiger partial charge in [0.1, 0.15) is 9.84 Å². The largest absolute Gasteiger partial charge is 0.357 e. The molecule has 1 heterocycles. The van der Waals surface area contributed by atoms with Crippen LogP contribution in [0.4, 0.5) is 0 Å². The van der Waals surface area contributed by atoms with Gasteiger partial charge in [-0.3, -0.25) is 0 Å². The van der Waals surface area contributed by atoms with Gasteiger partial charge in [-0.05, 0) is 42.7 Å². The summed E-state index contributed by atoms with van der Waals surface area (Å²) in [6, 6.07) is 2.11. The lowest BCUT2D eigenvalue weighted by Crippen LogP contribution is -2.42. The van der Waals surface area contributed by atoms with Gasteiger partial charge in [-0.25, -0.2) is 13.4 Å². The molecule has 1 unspecified atom stereocenters. The Bertz CT molecular complexity index is 516. The molecule has 0 spiro atoms. The zero-order chi connectivity index (χ0) is 15.0. The minimum absolute atomic E-state index is 0. The molecule has 0 aliphatic heterocycles. The average molecular weight is 445 g/mol. The van der Waals surface area contributed by atoms with Gasteiger partial charge in [-0.15, -0.1) is 24.0 Å². The van der Waals surface area contributed by atoms with Crippen LogP contribution in [0.5, 0.6) is 0 Å². The van der Waals surface area contributed by atoms with Gasteiger partial charge in [0.25, 0.3) is 0 Å². The first-order valence-electron chi connectivity index (χ1n) is 6.64. The highest BCUT2D eigenvalue weighted by Crippen LogP contribution is 2.06. The molecule has 8 heteroatoms. The predicted octanol–water partition coefficient (Wildman–Crippen LogP) is 2.24. The molecule has 0 amide bonds. The average Bonchev–Trinajstić information content (AvgIpc) is 2.86. The van der Waals surface area contributed by atoms with Crippen molar-refractivity contribution in [2.75, 3.05) is 18.6 Å². The monoisotopic (exact) mass is 445 g/mol. The zero-order valence-electron chi connectivity index (χ0n) is 12.6. The maximum Gasteiger partial charge on any atom is 0.191 e. The van der Waals surface area contributed by atoms with Gasteiger partial charge in [-0.1, -0.05) is 0 Å². The summed E-state index contributed by atoms with van der Waals surface area (Å²) in [6.45, 7) is 5.36. The summed E-state index contributed by atoms with van der Waals surface area (Å²) in [4.78, 5) is 4.49. The van der Waals surface area contributed by atoms with Gasteiger partial charge in [0.05, 0.1) is 12.3 Å². The Kier molecular flexibility index (Phi) is 10.2. The molecule has 0 saturated heterocycles. The number of halogens is 1. The van der Waals surface area contributed by atoms with E-state index in [4.69, 9.17) is 0 Å². The lowest BCUT2D eigenvalue weighted by Gasteiger charge is -2.17. The lowest BCUT2D eigenvalue weighted by atomic mass is 10.3. The third-order valence-electron chi connectivity index (χ3n) is 2.65. The predicted molar refractivity (Wildman–Crippen MR) is 101 cm³/mol. The van der Waals surface area contributed by atoms with E-state index in [1.165, 1.54) is 11.8 Å². The van der Waals surface area contributed by atoms with Crippen LogP contribution in [0.2, 0.25) is 0 Å². The quantitative estimate of drug-likeness (QED) is 0.384. The van der Waals surface area contributed by atoms with E-state index in [0.29, 0.717) is 13.0 Å². The molecule has 1 aromatic heterocycles. The van der Waals surface area contributed by atoms with E-state index in [1.807, 2.05) is 25.3 Å². The summed E-state index contributed by atoms with van der Waals surface area (Å²) in [5.74, 6) is 0.908. The van der Waals surface area contributed by atoms with Crippen molar-refractivity contribution < 1.29 is 8.42 Å². The molecule has 0 aliphatic rings. The minimum Gasteiger partial charge on any atom is -0.357 e. The minimum atomic E-state index is -2.91. The number of thiophene rings is 1. The van der Waals surface area contributed by atoms with Gasteiger partial charge < -0.3 is 10.6 Å². The Morgan fingerprint density at radius 2 is 2.19 bits per heavy atom. The second-order valence-electron chi connectivity index (χ2n) is 4.79. The number of sulfone groups is 1. The Morgan fingerprint density at radius 1 is 1.48 bits per heavy atom. The molecule has 0 bridgehead atoms. The first-order chi connectivity index (χ1) is 9.40. The van der Waals surface area contributed by atoms with Crippen molar-refractivity contribution in [2.24, 2.45) is 4.99 Å². The number of nitrogens with zero attached hydrogens (tertiary/aromatic N) is 1. The maximum atomic E-state index is 11.2. The first-order valence-corrected chi connectivity index (χ1v) is 9.64.